The van der Waals surface area contributed by atoms with Crippen molar-refractivity contribution < 1.29 is 13.9 Å². The number of benzene rings is 4. The minimum Gasteiger partial charge on any atom is -0.491 e. The molecule has 5 aromatic rings. The van der Waals surface area contributed by atoms with Crippen molar-refractivity contribution in [1.29, 1.82) is 0 Å². The maximum Gasteiger partial charge on any atom is 0.251 e. The van der Waals surface area contributed by atoms with Gasteiger partial charge in [-0.25, -0.2) is 9.37 Å². The highest BCUT2D eigenvalue weighted by molar-refractivity contribution is 5.94. The summed E-state index contributed by atoms with van der Waals surface area (Å²) in [6.45, 7) is 1.69. The first-order valence-electron chi connectivity index (χ1n) is 11.8. The van der Waals surface area contributed by atoms with Gasteiger partial charge in [-0.05, 0) is 54.3 Å². The second kappa shape index (κ2) is 10.4. The zero-order valence-electron chi connectivity index (χ0n) is 19.3. The summed E-state index contributed by atoms with van der Waals surface area (Å²) in [7, 11) is 0. The molecule has 5 nitrogen and oxygen atoms in total. The Morgan fingerprint density at radius 2 is 1.69 bits per heavy atom. The Bertz CT molecular complexity index is 1460. The van der Waals surface area contributed by atoms with E-state index in [-0.39, 0.29) is 11.7 Å². The molecule has 35 heavy (non-hydrogen) atoms. The van der Waals surface area contributed by atoms with E-state index in [1.54, 1.807) is 0 Å². The lowest BCUT2D eigenvalue weighted by atomic mass is 10.1. The Hall–Kier alpha value is -4.19. The normalized spacial score (nSPS) is 11.1. The third-order valence-corrected chi connectivity index (χ3v) is 6.02. The van der Waals surface area contributed by atoms with E-state index in [9.17, 15) is 9.18 Å². The number of carbonyl (C=O) groups excluding carboxylic acids is 1. The van der Waals surface area contributed by atoms with Crippen LogP contribution in [0.25, 0.3) is 21.8 Å². The van der Waals surface area contributed by atoms with Crippen LogP contribution in [0.15, 0.2) is 91.0 Å². The number of imidazole rings is 1. The number of aromatic nitrogens is 2. The number of nitrogens with zero attached hydrogens (tertiary/aromatic N) is 2. The van der Waals surface area contributed by atoms with Gasteiger partial charge in [0.25, 0.3) is 5.91 Å². The van der Waals surface area contributed by atoms with E-state index in [2.05, 4.69) is 34.1 Å². The molecule has 1 heterocycles. The predicted molar refractivity (Wildman–Crippen MR) is 136 cm³/mol. The Morgan fingerprint density at radius 1 is 0.914 bits per heavy atom. The van der Waals surface area contributed by atoms with Crippen LogP contribution in [0.2, 0.25) is 0 Å². The van der Waals surface area contributed by atoms with Gasteiger partial charge in [0, 0.05) is 23.9 Å². The Labute approximate surface area is 203 Å². The first-order chi connectivity index (χ1) is 17.2. The summed E-state index contributed by atoms with van der Waals surface area (Å²) in [5, 5.41) is 5.15. The van der Waals surface area contributed by atoms with Gasteiger partial charge in [-0.2, -0.15) is 0 Å². The van der Waals surface area contributed by atoms with Gasteiger partial charge in [0.1, 0.15) is 24.0 Å². The van der Waals surface area contributed by atoms with Gasteiger partial charge < -0.3 is 14.6 Å². The molecule has 0 bridgehead atoms. The molecule has 0 unspecified atom stereocenters. The Morgan fingerprint density at radius 3 is 2.57 bits per heavy atom. The highest BCUT2D eigenvalue weighted by atomic mass is 19.1. The zero-order valence-corrected chi connectivity index (χ0v) is 19.3. The topological polar surface area (TPSA) is 56.2 Å². The van der Waals surface area contributed by atoms with Crippen LogP contribution in [0.4, 0.5) is 4.39 Å². The van der Waals surface area contributed by atoms with E-state index in [1.807, 2.05) is 42.5 Å². The standard InChI is InChI=1S/C29H26FN3O2/c30-23-16-14-22(15-17-23)29(34)31-18-6-13-28-32-25-10-3-4-11-26(25)33(28)19-20-35-27-12-5-8-21-7-1-2-9-24(21)27/h1-5,7-12,14-17H,6,13,18-20H2,(H,31,34). The summed E-state index contributed by atoms with van der Waals surface area (Å²) in [5.74, 6) is 1.27. The zero-order chi connectivity index (χ0) is 24.0. The van der Waals surface area contributed by atoms with Crippen LogP contribution in [-0.2, 0) is 13.0 Å². The van der Waals surface area contributed by atoms with E-state index in [0.717, 1.165) is 39.8 Å². The minimum absolute atomic E-state index is 0.206. The minimum atomic E-state index is -0.357. The van der Waals surface area contributed by atoms with Crippen molar-refractivity contribution in [2.75, 3.05) is 13.2 Å². The molecule has 6 heteroatoms. The van der Waals surface area contributed by atoms with Crippen LogP contribution in [0, 0.1) is 5.82 Å². The number of aryl methyl sites for hydroxylation is 1. The van der Waals surface area contributed by atoms with E-state index < -0.39 is 0 Å². The van der Waals surface area contributed by atoms with Crippen molar-refractivity contribution >= 4 is 27.7 Å². The molecule has 1 amide bonds. The monoisotopic (exact) mass is 467 g/mol. The second-order valence-corrected chi connectivity index (χ2v) is 8.36. The lowest BCUT2D eigenvalue weighted by molar-refractivity contribution is 0.0953. The van der Waals surface area contributed by atoms with Crippen molar-refractivity contribution in [3.63, 3.8) is 0 Å². The number of rotatable bonds is 9. The second-order valence-electron chi connectivity index (χ2n) is 8.36. The maximum atomic E-state index is 13.1. The molecule has 0 aliphatic heterocycles. The van der Waals surface area contributed by atoms with Crippen molar-refractivity contribution in [1.82, 2.24) is 14.9 Å². The Balaban J connectivity index is 1.23. The molecule has 0 radical (unpaired) electrons. The molecule has 1 N–H and O–H groups in total. The van der Waals surface area contributed by atoms with Gasteiger partial charge >= 0.3 is 0 Å². The number of carbonyl (C=O) groups is 1. The van der Waals surface area contributed by atoms with Gasteiger partial charge in [-0.3, -0.25) is 4.79 Å². The summed E-state index contributed by atoms with van der Waals surface area (Å²) in [6.07, 6.45) is 1.45. The fraction of sp³-hybridized carbons (Fsp3) is 0.172. The third-order valence-electron chi connectivity index (χ3n) is 6.02. The van der Waals surface area contributed by atoms with Gasteiger partial charge in [0.05, 0.1) is 17.6 Å². The molecule has 1 aromatic heterocycles. The fourth-order valence-electron chi connectivity index (χ4n) is 4.29. The number of ether oxygens (including phenoxy) is 1. The molecule has 176 valence electrons. The Kier molecular flexibility index (Phi) is 6.70. The molecular weight excluding hydrogens is 441 g/mol. The lowest BCUT2D eigenvalue weighted by Gasteiger charge is -2.12. The van der Waals surface area contributed by atoms with Gasteiger partial charge in [-0.1, -0.05) is 48.5 Å². The first kappa shape index (κ1) is 22.6. The molecular formula is C29H26FN3O2. The molecule has 0 atom stereocenters. The smallest absolute Gasteiger partial charge is 0.251 e. The van der Waals surface area contributed by atoms with Crippen LogP contribution in [0.3, 0.4) is 0 Å². The van der Waals surface area contributed by atoms with E-state index in [1.165, 1.54) is 24.3 Å². The number of nitrogens with one attached hydrogen (secondary N) is 1. The lowest BCUT2D eigenvalue weighted by Crippen LogP contribution is -2.25. The first-order valence-corrected chi connectivity index (χ1v) is 11.8. The van der Waals surface area contributed by atoms with E-state index >= 15 is 0 Å². The summed E-state index contributed by atoms with van der Waals surface area (Å²) < 4.78 is 21.4. The number of halogens is 1. The third kappa shape index (κ3) is 5.17. The van der Waals surface area contributed by atoms with Gasteiger partial charge in [0.15, 0.2) is 0 Å². The number of hydrogen-bond donors (Lipinski definition) is 1. The largest absolute Gasteiger partial charge is 0.491 e. The number of fused-ring (bicyclic) bond motifs is 2. The average Bonchev–Trinajstić information content (AvgIpc) is 3.24. The molecule has 0 saturated carbocycles. The summed E-state index contributed by atoms with van der Waals surface area (Å²) in [5.41, 5.74) is 2.46. The van der Waals surface area contributed by atoms with E-state index in [4.69, 9.17) is 9.72 Å². The summed E-state index contributed by atoms with van der Waals surface area (Å²) in [6, 6.07) is 27.9. The average molecular weight is 468 g/mol. The van der Waals surface area contributed by atoms with Crippen molar-refractivity contribution in [2.24, 2.45) is 0 Å². The molecule has 4 aromatic carbocycles. The molecule has 0 aliphatic carbocycles. The van der Waals surface area contributed by atoms with Crippen molar-refractivity contribution in [3.8, 4) is 5.75 Å². The molecule has 0 saturated heterocycles. The summed E-state index contributed by atoms with van der Waals surface area (Å²) >= 11 is 0. The van der Waals surface area contributed by atoms with Crippen LogP contribution in [0.1, 0.15) is 22.6 Å². The van der Waals surface area contributed by atoms with Crippen LogP contribution in [-0.4, -0.2) is 28.6 Å². The van der Waals surface area contributed by atoms with Crippen molar-refractivity contribution in [3.05, 3.63) is 108 Å². The van der Waals surface area contributed by atoms with Gasteiger partial charge in [0.2, 0.25) is 0 Å². The quantitative estimate of drug-likeness (QED) is 0.280. The molecule has 0 aliphatic rings. The predicted octanol–water partition coefficient (Wildman–Crippen LogP) is 5.77. The van der Waals surface area contributed by atoms with Crippen LogP contribution >= 0.6 is 0 Å². The maximum absolute atomic E-state index is 13.1. The highest BCUT2D eigenvalue weighted by Crippen LogP contribution is 2.25. The SMILES string of the molecule is O=C(NCCCc1nc2ccccc2n1CCOc1cccc2ccccc12)c1ccc(F)cc1. The molecule has 5 rings (SSSR count). The molecule has 0 spiro atoms. The molecule has 0 fully saturated rings. The van der Waals surface area contributed by atoms with E-state index in [0.29, 0.717) is 31.7 Å². The highest BCUT2D eigenvalue weighted by Gasteiger charge is 2.12. The van der Waals surface area contributed by atoms with Crippen LogP contribution in [0.5, 0.6) is 5.75 Å². The van der Waals surface area contributed by atoms with Crippen molar-refractivity contribution in [2.45, 2.75) is 19.4 Å². The number of para-hydroxylation sites is 2. The van der Waals surface area contributed by atoms with Gasteiger partial charge in [-0.15, -0.1) is 0 Å². The summed E-state index contributed by atoms with van der Waals surface area (Å²) in [4.78, 5) is 17.1. The van der Waals surface area contributed by atoms with Crippen LogP contribution < -0.4 is 10.1 Å². The number of hydrogen-bond acceptors (Lipinski definition) is 3. The number of amides is 1. The fourth-order valence-corrected chi connectivity index (χ4v) is 4.29.